The van der Waals surface area contributed by atoms with E-state index in [1.54, 1.807) is 11.9 Å². The molecule has 4 atom stereocenters. The van der Waals surface area contributed by atoms with Crippen LogP contribution in [0.5, 0.6) is 0 Å². The fourth-order valence-electron chi connectivity index (χ4n) is 2.94. The number of benzene rings is 1. The summed E-state index contributed by atoms with van der Waals surface area (Å²) in [6.45, 7) is 4.16. The van der Waals surface area contributed by atoms with Gasteiger partial charge in [-0.3, -0.25) is 4.79 Å². The van der Waals surface area contributed by atoms with Crippen molar-refractivity contribution in [3.8, 4) is 0 Å². The Kier molecular flexibility index (Phi) is 7.58. The number of hydrogen-bond donors (Lipinski definition) is 4. The van der Waals surface area contributed by atoms with E-state index in [1.807, 2.05) is 44.2 Å². The molecule has 0 aliphatic carbocycles. The van der Waals surface area contributed by atoms with Crippen LogP contribution >= 0.6 is 0 Å². The molecule has 1 fully saturated rings. The quantitative estimate of drug-likeness (QED) is 0.542. The van der Waals surface area contributed by atoms with Crippen molar-refractivity contribution in [3.05, 3.63) is 35.9 Å². The lowest BCUT2D eigenvalue weighted by Gasteiger charge is -2.21. The number of nitrogens with one attached hydrogen (secondary N) is 2. The van der Waals surface area contributed by atoms with Crippen LogP contribution in [0.2, 0.25) is 0 Å². The molecule has 8 nitrogen and oxygen atoms in total. The van der Waals surface area contributed by atoms with Crippen molar-refractivity contribution in [2.24, 2.45) is 0 Å². The zero-order valence-electron chi connectivity index (χ0n) is 16.0. The first-order valence-electron chi connectivity index (χ1n) is 9.11. The Morgan fingerprint density at radius 2 is 1.78 bits per heavy atom. The highest BCUT2D eigenvalue weighted by atomic mass is 16.5. The summed E-state index contributed by atoms with van der Waals surface area (Å²) in [6, 6.07) is 9.18. The van der Waals surface area contributed by atoms with Gasteiger partial charge < -0.3 is 30.5 Å². The van der Waals surface area contributed by atoms with Crippen LogP contribution in [0.3, 0.4) is 0 Å². The predicted molar refractivity (Wildman–Crippen MR) is 99.9 cm³/mol. The van der Waals surface area contributed by atoms with Gasteiger partial charge in [-0.1, -0.05) is 30.3 Å². The molecule has 150 valence electrons. The third-order valence-corrected chi connectivity index (χ3v) is 4.41. The fourth-order valence-corrected chi connectivity index (χ4v) is 2.94. The Hall–Kier alpha value is -2.16. The number of aliphatic hydroxyl groups is 2. The zero-order valence-corrected chi connectivity index (χ0v) is 16.0. The molecule has 27 heavy (non-hydrogen) atoms. The third-order valence-electron chi connectivity index (χ3n) is 4.41. The number of ether oxygens (including phenoxy) is 1. The zero-order chi connectivity index (χ0) is 20.0. The van der Waals surface area contributed by atoms with Crippen molar-refractivity contribution in [3.63, 3.8) is 0 Å². The van der Waals surface area contributed by atoms with E-state index >= 15 is 0 Å². The van der Waals surface area contributed by atoms with Gasteiger partial charge in [0.2, 0.25) is 5.91 Å². The molecule has 4 N–H and O–H groups in total. The van der Waals surface area contributed by atoms with Crippen molar-refractivity contribution in [1.29, 1.82) is 0 Å². The predicted octanol–water partition coefficient (Wildman–Crippen LogP) is 0.232. The number of hydrogen-bond acceptors (Lipinski definition) is 5. The molecular formula is C19H29N3O5. The van der Waals surface area contributed by atoms with E-state index in [-0.39, 0.29) is 30.9 Å². The summed E-state index contributed by atoms with van der Waals surface area (Å²) in [6.07, 6.45) is -3.97. The molecule has 1 heterocycles. The van der Waals surface area contributed by atoms with Crippen LogP contribution in [0, 0.1) is 0 Å². The van der Waals surface area contributed by atoms with Crippen LogP contribution in [0.1, 0.15) is 25.8 Å². The molecule has 1 aliphatic heterocycles. The van der Waals surface area contributed by atoms with Crippen molar-refractivity contribution in [1.82, 2.24) is 15.5 Å². The first-order chi connectivity index (χ1) is 12.8. The van der Waals surface area contributed by atoms with Gasteiger partial charge in [0.05, 0.1) is 12.5 Å². The summed E-state index contributed by atoms with van der Waals surface area (Å²) >= 11 is 0. The largest absolute Gasteiger partial charge is 0.388 e. The molecule has 0 saturated carbocycles. The topological polar surface area (TPSA) is 111 Å². The first kappa shape index (κ1) is 21.1. The minimum atomic E-state index is -1.18. The molecule has 0 aromatic heterocycles. The molecule has 1 aromatic carbocycles. The number of aliphatic hydroxyl groups excluding tert-OH is 2. The first-order valence-corrected chi connectivity index (χ1v) is 9.11. The second-order valence-corrected chi connectivity index (χ2v) is 7.14. The third kappa shape index (κ3) is 6.20. The molecule has 0 bridgehead atoms. The Morgan fingerprint density at radius 1 is 1.15 bits per heavy atom. The lowest BCUT2D eigenvalue weighted by atomic mass is 10.0. The van der Waals surface area contributed by atoms with Gasteiger partial charge in [0, 0.05) is 26.2 Å². The summed E-state index contributed by atoms with van der Waals surface area (Å²) in [4.78, 5) is 25.6. The minimum Gasteiger partial charge on any atom is -0.388 e. The van der Waals surface area contributed by atoms with Crippen molar-refractivity contribution < 1.29 is 24.5 Å². The number of carbonyl (C=O) groups is 2. The SMILES string of the molecule is CC(C)NC(=O)NCC1OC(CC(=O)N(C)Cc2ccccc2)C(O)C1O. The standard InChI is InChI=1S/C19H29N3O5/c1-12(2)21-19(26)20-10-15-18(25)17(24)14(27-15)9-16(23)22(3)11-13-7-5-4-6-8-13/h4-8,12,14-15,17-18,24-25H,9-11H2,1-3H3,(H2,20,21,26). The summed E-state index contributed by atoms with van der Waals surface area (Å²) in [5.41, 5.74) is 1.000. The lowest BCUT2D eigenvalue weighted by molar-refractivity contribution is -0.134. The number of rotatable bonds is 7. The van der Waals surface area contributed by atoms with E-state index in [0.29, 0.717) is 6.54 Å². The molecule has 1 aliphatic rings. The second kappa shape index (κ2) is 9.68. The molecule has 4 unspecified atom stereocenters. The summed E-state index contributed by atoms with van der Waals surface area (Å²) in [7, 11) is 1.68. The number of nitrogens with zero attached hydrogens (tertiary/aromatic N) is 1. The highest BCUT2D eigenvalue weighted by Gasteiger charge is 2.43. The molecule has 0 spiro atoms. The minimum absolute atomic E-state index is 0.0180. The maximum atomic E-state index is 12.4. The number of carbonyl (C=O) groups excluding carboxylic acids is 2. The lowest BCUT2D eigenvalue weighted by Crippen LogP contribution is -2.45. The van der Waals surface area contributed by atoms with E-state index in [0.717, 1.165) is 5.56 Å². The van der Waals surface area contributed by atoms with E-state index < -0.39 is 24.4 Å². The van der Waals surface area contributed by atoms with E-state index in [1.165, 1.54) is 0 Å². The molecule has 1 saturated heterocycles. The smallest absolute Gasteiger partial charge is 0.315 e. The van der Waals surface area contributed by atoms with E-state index in [9.17, 15) is 19.8 Å². The van der Waals surface area contributed by atoms with Gasteiger partial charge in [-0.25, -0.2) is 4.79 Å². The molecule has 2 rings (SSSR count). The van der Waals surface area contributed by atoms with Crippen LogP contribution in [0.25, 0.3) is 0 Å². The Bertz CT molecular complexity index is 625. The Balaban J connectivity index is 1.83. The highest BCUT2D eigenvalue weighted by molar-refractivity contribution is 5.76. The number of urea groups is 1. The maximum Gasteiger partial charge on any atom is 0.315 e. The van der Waals surface area contributed by atoms with Gasteiger partial charge in [0.25, 0.3) is 0 Å². The van der Waals surface area contributed by atoms with Gasteiger partial charge in [0.1, 0.15) is 18.3 Å². The Morgan fingerprint density at radius 3 is 2.41 bits per heavy atom. The summed E-state index contributed by atoms with van der Waals surface area (Å²) in [5.74, 6) is -0.193. The summed E-state index contributed by atoms with van der Waals surface area (Å²) in [5, 5.41) is 25.6. The fraction of sp³-hybridized carbons (Fsp3) is 0.579. The van der Waals surface area contributed by atoms with Crippen LogP contribution in [-0.2, 0) is 16.1 Å². The molecular weight excluding hydrogens is 350 g/mol. The normalized spacial score (nSPS) is 24.7. The van der Waals surface area contributed by atoms with Crippen molar-refractivity contribution >= 4 is 11.9 Å². The average Bonchev–Trinajstić information content (AvgIpc) is 2.88. The van der Waals surface area contributed by atoms with Crippen molar-refractivity contribution in [2.75, 3.05) is 13.6 Å². The molecule has 3 amide bonds. The van der Waals surface area contributed by atoms with Crippen molar-refractivity contribution in [2.45, 2.75) is 57.3 Å². The second-order valence-electron chi connectivity index (χ2n) is 7.14. The van der Waals surface area contributed by atoms with E-state index in [4.69, 9.17) is 4.74 Å². The molecule has 0 radical (unpaired) electrons. The Labute approximate surface area is 159 Å². The van der Waals surface area contributed by atoms with Gasteiger partial charge in [0.15, 0.2) is 0 Å². The van der Waals surface area contributed by atoms with E-state index in [2.05, 4.69) is 10.6 Å². The van der Waals surface area contributed by atoms with Crippen LogP contribution in [0.4, 0.5) is 4.79 Å². The van der Waals surface area contributed by atoms with Crippen LogP contribution in [-0.4, -0.2) is 71.1 Å². The average molecular weight is 379 g/mol. The van der Waals surface area contributed by atoms with Gasteiger partial charge in [-0.15, -0.1) is 0 Å². The molecule has 1 aromatic rings. The maximum absolute atomic E-state index is 12.4. The van der Waals surface area contributed by atoms with Gasteiger partial charge in [-0.2, -0.15) is 0 Å². The summed E-state index contributed by atoms with van der Waals surface area (Å²) < 4.78 is 5.62. The monoisotopic (exact) mass is 379 g/mol. The van der Waals surface area contributed by atoms with Crippen LogP contribution in [0.15, 0.2) is 30.3 Å². The van der Waals surface area contributed by atoms with Gasteiger partial charge in [-0.05, 0) is 19.4 Å². The van der Waals surface area contributed by atoms with Crippen LogP contribution < -0.4 is 10.6 Å². The highest BCUT2D eigenvalue weighted by Crippen LogP contribution is 2.24. The number of amides is 3. The van der Waals surface area contributed by atoms with Gasteiger partial charge >= 0.3 is 6.03 Å². The molecule has 8 heteroatoms.